The zero-order valence-corrected chi connectivity index (χ0v) is 11.2. The topological polar surface area (TPSA) is 33.1 Å². The predicted octanol–water partition coefficient (Wildman–Crippen LogP) is 3.88. The minimum atomic E-state index is -0.600. The standard InChI is InChI=1S/C15H16ClNO/c1-10-7-12(9-13(16)8-10)15(18)11(2)14-5-3-4-6-17-14/h3-9,11,15,18H,1-2H3. The highest BCUT2D eigenvalue weighted by atomic mass is 35.5. The molecule has 0 saturated heterocycles. The van der Waals surface area contributed by atoms with Gasteiger partial charge in [0.25, 0.3) is 0 Å². The Hall–Kier alpha value is -1.38. The van der Waals surface area contributed by atoms with Crippen molar-refractivity contribution >= 4 is 11.6 Å². The van der Waals surface area contributed by atoms with E-state index in [1.54, 1.807) is 12.3 Å². The van der Waals surface area contributed by atoms with E-state index < -0.39 is 6.10 Å². The Bertz CT molecular complexity index is 507. The molecule has 94 valence electrons. The van der Waals surface area contributed by atoms with Crippen LogP contribution < -0.4 is 0 Å². The van der Waals surface area contributed by atoms with E-state index in [-0.39, 0.29) is 5.92 Å². The van der Waals surface area contributed by atoms with Gasteiger partial charge in [-0.2, -0.15) is 0 Å². The number of pyridine rings is 1. The number of hydrogen-bond acceptors (Lipinski definition) is 2. The van der Waals surface area contributed by atoms with E-state index in [2.05, 4.69) is 4.98 Å². The number of aliphatic hydroxyl groups is 1. The minimum absolute atomic E-state index is 0.0657. The van der Waals surface area contributed by atoms with E-state index in [1.165, 1.54) is 0 Å². The number of aryl methyl sites for hydroxylation is 1. The molecule has 1 heterocycles. The lowest BCUT2D eigenvalue weighted by molar-refractivity contribution is 0.150. The van der Waals surface area contributed by atoms with Crippen LogP contribution in [0.15, 0.2) is 42.6 Å². The van der Waals surface area contributed by atoms with E-state index in [9.17, 15) is 5.11 Å². The fourth-order valence-corrected chi connectivity index (χ4v) is 2.33. The maximum absolute atomic E-state index is 10.4. The van der Waals surface area contributed by atoms with Gasteiger partial charge in [0.1, 0.15) is 0 Å². The average molecular weight is 262 g/mol. The van der Waals surface area contributed by atoms with Crippen molar-refractivity contribution in [3.63, 3.8) is 0 Å². The molecule has 0 aliphatic heterocycles. The summed E-state index contributed by atoms with van der Waals surface area (Å²) in [6.45, 7) is 3.93. The molecule has 1 N–H and O–H groups in total. The van der Waals surface area contributed by atoms with Crippen LogP contribution in [0.3, 0.4) is 0 Å². The molecule has 2 unspecified atom stereocenters. The second-order valence-electron chi connectivity index (χ2n) is 4.55. The summed E-state index contributed by atoms with van der Waals surface area (Å²) < 4.78 is 0. The molecule has 0 bridgehead atoms. The lowest BCUT2D eigenvalue weighted by atomic mass is 9.93. The third-order valence-corrected chi connectivity index (χ3v) is 3.25. The Kier molecular flexibility index (Phi) is 4.00. The van der Waals surface area contributed by atoms with Crippen LogP contribution in [-0.4, -0.2) is 10.1 Å². The maximum atomic E-state index is 10.4. The van der Waals surface area contributed by atoms with Crippen LogP contribution in [0.25, 0.3) is 0 Å². The number of halogens is 1. The molecule has 18 heavy (non-hydrogen) atoms. The molecule has 0 radical (unpaired) electrons. The number of hydrogen-bond donors (Lipinski definition) is 1. The molecular weight excluding hydrogens is 246 g/mol. The Morgan fingerprint density at radius 3 is 2.61 bits per heavy atom. The molecule has 2 rings (SSSR count). The third kappa shape index (κ3) is 2.89. The molecule has 2 atom stereocenters. The van der Waals surface area contributed by atoms with Crippen molar-refractivity contribution in [3.05, 3.63) is 64.4 Å². The van der Waals surface area contributed by atoms with Crippen LogP contribution in [0, 0.1) is 6.92 Å². The lowest BCUT2D eigenvalue weighted by Gasteiger charge is -2.19. The average Bonchev–Trinajstić information content (AvgIpc) is 2.37. The van der Waals surface area contributed by atoms with Gasteiger partial charge in [0.05, 0.1) is 6.10 Å². The largest absolute Gasteiger partial charge is 0.388 e. The number of nitrogens with zero attached hydrogens (tertiary/aromatic N) is 1. The van der Waals surface area contributed by atoms with Crippen LogP contribution in [-0.2, 0) is 0 Å². The van der Waals surface area contributed by atoms with Gasteiger partial charge in [-0.25, -0.2) is 0 Å². The van der Waals surface area contributed by atoms with Gasteiger partial charge in [0, 0.05) is 22.8 Å². The first-order valence-electron chi connectivity index (χ1n) is 5.94. The van der Waals surface area contributed by atoms with Gasteiger partial charge in [-0.05, 0) is 42.3 Å². The Balaban J connectivity index is 2.28. The summed E-state index contributed by atoms with van der Waals surface area (Å²) in [6.07, 6.45) is 1.14. The summed E-state index contributed by atoms with van der Waals surface area (Å²) in [7, 11) is 0. The highest BCUT2D eigenvalue weighted by Gasteiger charge is 2.19. The van der Waals surface area contributed by atoms with E-state index in [0.717, 1.165) is 16.8 Å². The molecule has 0 aliphatic carbocycles. The fourth-order valence-electron chi connectivity index (χ4n) is 2.03. The summed E-state index contributed by atoms with van der Waals surface area (Å²) >= 11 is 6.02. The van der Waals surface area contributed by atoms with E-state index in [1.807, 2.05) is 44.2 Å². The molecule has 3 heteroatoms. The van der Waals surface area contributed by atoms with E-state index >= 15 is 0 Å². The van der Waals surface area contributed by atoms with E-state index in [4.69, 9.17) is 11.6 Å². The number of rotatable bonds is 3. The Morgan fingerprint density at radius 2 is 2.00 bits per heavy atom. The zero-order valence-electron chi connectivity index (χ0n) is 10.5. The number of aliphatic hydroxyl groups excluding tert-OH is 1. The maximum Gasteiger partial charge on any atom is 0.0871 e. The normalized spacial score (nSPS) is 14.2. The molecule has 0 fully saturated rings. The van der Waals surface area contributed by atoms with Crippen LogP contribution in [0.2, 0.25) is 5.02 Å². The molecule has 1 aromatic heterocycles. The van der Waals surface area contributed by atoms with Crippen molar-refractivity contribution in [2.75, 3.05) is 0 Å². The molecule has 0 spiro atoms. The molecule has 2 aromatic rings. The fraction of sp³-hybridized carbons (Fsp3) is 0.267. The van der Waals surface area contributed by atoms with Gasteiger partial charge in [-0.15, -0.1) is 0 Å². The van der Waals surface area contributed by atoms with Crippen molar-refractivity contribution in [1.29, 1.82) is 0 Å². The lowest BCUT2D eigenvalue weighted by Crippen LogP contribution is -2.09. The van der Waals surface area contributed by atoms with Crippen molar-refractivity contribution in [3.8, 4) is 0 Å². The first-order chi connectivity index (χ1) is 8.58. The van der Waals surface area contributed by atoms with Crippen LogP contribution >= 0.6 is 11.6 Å². The molecular formula is C15H16ClNO. The van der Waals surface area contributed by atoms with Gasteiger partial charge in [-0.1, -0.05) is 30.7 Å². The Labute approximate surface area is 112 Å². The summed E-state index contributed by atoms with van der Waals surface area (Å²) in [5.41, 5.74) is 2.76. The van der Waals surface area contributed by atoms with Crippen molar-refractivity contribution < 1.29 is 5.11 Å². The highest BCUT2D eigenvalue weighted by molar-refractivity contribution is 6.30. The smallest absolute Gasteiger partial charge is 0.0871 e. The Morgan fingerprint density at radius 1 is 1.22 bits per heavy atom. The summed E-state index contributed by atoms with van der Waals surface area (Å²) in [5, 5.41) is 11.0. The second-order valence-corrected chi connectivity index (χ2v) is 4.99. The predicted molar refractivity (Wildman–Crippen MR) is 73.8 cm³/mol. The highest BCUT2D eigenvalue weighted by Crippen LogP contribution is 2.31. The monoisotopic (exact) mass is 261 g/mol. The van der Waals surface area contributed by atoms with Gasteiger partial charge < -0.3 is 5.11 Å². The molecule has 0 saturated carbocycles. The number of aromatic nitrogens is 1. The van der Waals surface area contributed by atoms with Crippen molar-refractivity contribution in [1.82, 2.24) is 4.98 Å². The van der Waals surface area contributed by atoms with Gasteiger partial charge in [0.2, 0.25) is 0 Å². The SMILES string of the molecule is Cc1cc(Cl)cc(C(O)C(C)c2ccccn2)c1. The van der Waals surface area contributed by atoms with Gasteiger partial charge >= 0.3 is 0 Å². The van der Waals surface area contributed by atoms with Crippen molar-refractivity contribution in [2.45, 2.75) is 25.9 Å². The first kappa shape index (κ1) is 13.1. The van der Waals surface area contributed by atoms with Crippen LogP contribution in [0.5, 0.6) is 0 Å². The van der Waals surface area contributed by atoms with Gasteiger partial charge in [-0.3, -0.25) is 4.98 Å². The van der Waals surface area contributed by atoms with Gasteiger partial charge in [0.15, 0.2) is 0 Å². The summed E-state index contributed by atoms with van der Waals surface area (Å²) in [6, 6.07) is 11.4. The molecule has 1 aromatic carbocycles. The van der Waals surface area contributed by atoms with E-state index in [0.29, 0.717) is 5.02 Å². The summed E-state index contributed by atoms with van der Waals surface area (Å²) in [4.78, 5) is 4.28. The molecule has 0 amide bonds. The summed E-state index contributed by atoms with van der Waals surface area (Å²) in [5.74, 6) is -0.0657. The first-order valence-corrected chi connectivity index (χ1v) is 6.32. The number of benzene rings is 1. The minimum Gasteiger partial charge on any atom is -0.388 e. The quantitative estimate of drug-likeness (QED) is 0.910. The molecule has 2 nitrogen and oxygen atoms in total. The molecule has 0 aliphatic rings. The van der Waals surface area contributed by atoms with Crippen LogP contribution in [0.1, 0.15) is 35.8 Å². The third-order valence-electron chi connectivity index (χ3n) is 3.03. The second kappa shape index (κ2) is 5.51. The van der Waals surface area contributed by atoms with Crippen molar-refractivity contribution in [2.24, 2.45) is 0 Å². The van der Waals surface area contributed by atoms with Crippen LogP contribution in [0.4, 0.5) is 0 Å². The zero-order chi connectivity index (χ0) is 13.1.